The van der Waals surface area contributed by atoms with Crippen LogP contribution in [0.5, 0.6) is 5.75 Å². The topological polar surface area (TPSA) is 50.4 Å². The molecule has 0 atom stereocenters. The average molecular weight is 312 g/mol. The third-order valence-corrected chi connectivity index (χ3v) is 3.50. The predicted octanol–water partition coefficient (Wildman–Crippen LogP) is 3.44. The van der Waals surface area contributed by atoms with Crippen LogP contribution in [0.25, 0.3) is 0 Å². The van der Waals surface area contributed by atoms with Crippen molar-refractivity contribution in [1.82, 2.24) is 10.6 Å². The van der Waals surface area contributed by atoms with Gasteiger partial charge in [0.05, 0.1) is 6.54 Å². The Labute approximate surface area is 137 Å². The number of benzene rings is 2. The highest BCUT2D eigenvalue weighted by atomic mass is 16.5. The van der Waals surface area contributed by atoms with Crippen molar-refractivity contribution in [2.75, 3.05) is 13.2 Å². The number of nitrogens with one attached hydrogen (secondary N) is 2. The van der Waals surface area contributed by atoms with Crippen molar-refractivity contribution in [3.05, 3.63) is 65.2 Å². The largest absolute Gasteiger partial charge is 0.492 e. The lowest BCUT2D eigenvalue weighted by Gasteiger charge is -2.10. The molecule has 0 heterocycles. The van der Waals surface area contributed by atoms with E-state index in [1.54, 1.807) is 0 Å². The molecule has 0 spiro atoms. The van der Waals surface area contributed by atoms with E-state index in [-0.39, 0.29) is 6.03 Å². The first-order chi connectivity index (χ1) is 11.2. The van der Waals surface area contributed by atoms with Crippen LogP contribution >= 0.6 is 0 Å². The fourth-order valence-electron chi connectivity index (χ4n) is 2.26. The van der Waals surface area contributed by atoms with Crippen molar-refractivity contribution >= 4 is 6.03 Å². The second kappa shape index (κ2) is 8.83. The van der Waals surface area contributed by atoms with Gasteiger partial charge < -0.3 is 15.4 Å². The molecule has 23 heavy (non-hydrogen) atoms. The maximum atomic E-state index is 11.7. The van der Waals surface area contributed by atoms with Crippen LogP contribution in [0.2, 0.25) is 0 Å². The molecule has 2 aromatic carbocycles. The number of rotatable bonds is 7. The van der Waals surface area contributed by atoms with E-state index in [1.807, 2.05) is 43.3 Å². The SMILES string of the molecule is CCc1cccc(OCCNC(=O)NCc2cccc(C)c2)c1. The maximum absolute atomic E-state index is 11.7. The van der Waals surface area contributed by atoms with E-state index in [1.165, 1.54) is 11.1 Å². The van der Waals surface area contributed by atoms with E-state index >= 15 is 0 Å². The summed E-state index contributed by atoms with van der Waals surface area (Å²) in [5.74, 6) is 0.839. The Hall–Kier alpha value is -2.49. The van der Waals surface area contributed by atoms with Gasteiger partial charge >= 0.3 is 6.03 Å². The van der Waals surface area contributed by atoms with Crippen molar-refractivity contribution in [1.29, 1.82) is 0 Å². The second-order valence-electron chi connectivity index (χ2n) is 5.45. The number of urea groups is 1. The van der Waals surface area contributed by atoms with E-state index in [0.29, 0.717) is 19.7 Å². The fourth-order valence-corrected chi connectivity index (χ4v) is 2.26. The van der Waals surface area contributed by atoms with Gasteiger partial charge in [-0.1, -0.05) is 48.9 Å². The zero-order chi connectivity index (χ0) is 16.5. The van der Waals surface area contributed by atoms with E-state index < -0.39 is 0 Å². The lowest BCUT2D eigenvalue weighted by Crippen LogP contribution is -2.37. The van der Waals surface area contributed by atoms with Crippen LogP contribution in [0.3, 0.4) is 0 Å². The van der Waals surface area contributed by atoms with Crippen molar-refractivity contribution in [3.8, 4) is 5.75 Å². The van der Waals surface area contributed by atoms with E-state index in [2.05, 4.69) is 29.7 Å². The van der Waals surface area contributed by atoms with Crippen LogP contribution in [0.15, 0.2) is 48.5 Å². The van der Waals surface area contributed by atoms with Gasteiger partial charge in [0, 0.05) is 6.54 Å². The summed E-state index contributed by atoms with van der Waals surface area (Å²) in [4.78, 5) is 11.7. The third-order valence-electron chi connectivity index (χ3n) is 3.50. The molecule has 0 aliphatic heterocycles. The minimum Gasteiger partial charge on any atom is -0.492 e. The van der Waals surface area contributed by atoms with Gasteiger partial charge in [0.25, 0.3) is 0 Å². The molecule has 2 aromatic rings. The second-order valence-corrected chi connectivity index (χ2v) is 5.45. The molecular formula is C19H24N2O2. The zero-order valence-corrected chi connectivity index (χ0v) is 13.8. The van der Waals surface area contributed by atoms with Crippen LogP contribution < -0.4 is 15.4 Å². The van der Waals surface area contributed by atoms with E-state index in [4.69, 9.17) is 4.74 Å². The van der Waals surface area contributed by atoms with Crippen LogP contribution in [0.4, 0.5) is 4.79 Å². The lowest BCUT2D eigenvalue weighted by atomic mass is 10.1. The summed E-state index contributed by atoms with van der Waals surface area (Å²) in [5.41, 5.74) is 3.52. The van der Waals surface area contributed by atoms with Crippen molar-refractivity contribution in [2.45, 2.75) is 26.8 Å². The molecular weight excluding hydrogens is 288 g/mol. The Balaban J connectivity index is 1.64. The first-order valence-corrected chi connectivity index (χ1v) is 7.96. The highest BCUT2D eigenvalue weighted by molar-refractivity contribution is 5.73. The van der Waals surface area contributed by atoms with Crippen LogP contribution in [0, 0.1) is 6.92 Å². The van der Waals surface area contributed by atoms with E-state index in [9.17, 15) is 4.79 Å². The summed E-state index contributed by atoms with van der Waals surface area (Å²) in [5, 5.41) is 5.63. The van der Waals surface area contributed by atoms with Crippen LogP contribution in [-0.4, -0.2) is 19.2 Å². The third kappa shape index (κ3) is 6.02. The maximum Gasteiger partial charge on any atom is 0.315 e. The Bertz CT molecular complexity index is 641. The molecule has 122 valence electrons. The highest BCUT2D eigenvalue weighted by Crippen LogP contribution is 2.13. The standard InChI is InChI=1S/C19H24N2O2/c1-3-16-7-5-9-18(13-16)23-11-10-20-19(22)21-14-17-8-4-6-15(2)12-17/h4-9,12-13H,3,10-11,14H2,1-2H3,(H2,20,21,22). The van der Waals surface area contributed by atoms with Gasteiger partial charge in [-0.2, -0.15) is 0 Å². The normalized spacial score (nSPS) is 10.2. The summed E-state index contributed by atoms with van der Waals surface area (Å²) < 4.78 is 5.63. The van der Waals surface area contributed by atoms with Gasteiger partial charge in [0.1, 0.15) is 12.4 Å². The first-order valence-electron chi connectivity index (χ1n) is 7.96. The molecule has 0 radical (unpaired) electrons. The van der Waals surface area contributed by atoms with E-state index in [0.717, 1.165) is 17.7 Å². The Morgan fingerprint density at radius 3 is 2.61 bits per heavy atom. The molecule has 0 saturated heterocycles. The average Bonchev–Trinajstić information content (AvgIpc) is 2.57. The Kier molecular flexibility index (Phi) is 6.48. The number of carbonyl (C=O) groups is 1. The van der Waals surface area contributed by atoms with Crippen molar-refractivity contribution < 1.29 is 9.53 Å². The summed E-state index contributed by atoms with van der Waals surface area (Å²) in [6.07, 6.45) is 0.983. The molecule has 2 rings (SSSR count). The van der Waals surface area contributed by atoms with Gasteiger partial charge in [-0.15, -0.1) is 0 Å². The minimum atomic E-state index is -0.183. The molecule has 0 bridgehead atoms. The smallest absolute Gasteiger partial charge is 0.315 e. The molecule has 0 aliphatic rings. The molecule has 4 nitrogen and oxygen atoms in total. The molecule has 0 saturated carbocycles. The summed E-state index contributed by atoms with van der Waals surface area (Å²) in [7, 11) is 0. The van der Waals surface area contributed by atoms with Gasteiger partial charge in [0.2, 0.25) is 0 Å². The minimum absolute atomic E-state index is 0.183. The van der Waals surface area contributed by atoms with Crippen LogP contribution in [0.1, 0.15) is 23.6 Å². The number of hydrogen-bond donors (Lipinski definition) is 2. The summed E-state index contributed by atoms with van der Waals surface area (Å²) in [6.45, 7) is 5.58. The monoisotopic (exact) mass is 312 g/mol. The summed E-state index contributed by atoms with van der Waals surface area (Å²) in [6, 6.07) is 15.9. The number of amides is 2. The molecule has 0 fully saturated rings. The predicted molar refractivity (Wildman–Crippen MR) is 92.7 cm³/mol. The Morgan fingerprint density at radius 2 is 1.83 bits per heavy atom. The summed E-state index contributed by atoms with van der Waals surface area (Å²) >= 11 is 0. The van der Waals surface area contributed by atoms with Gasteiger partial charge in [-0.05, 0) is 36.6 Å². The Morgan fingerprint density at radius 1 is 1.04 bits per heavy atom. The van der Waals surface area contributed by atoms with Gasteiger partial charge in [-0.3, -0.25) is 0 Å². The van der Waals surface area contributed by atoms with Crippen molar-refractivity contribution in [2.24, 2.45) is 0 Å². The molecule has 4 heteroatoms. The first kappa shape index (κ1) is 16.9. The number of aryl methyl sites for hydroxylation is 2. The number of hydrogen-bond acceptors (Lipinski definition) is 2. The number of carbonyl (C=O) groups excluding carboxylic acids is 1. The molecule has 0 aliphatic carbocycles. The quantitative estimate of drug-likeness (QED) is 0.770. The van der Waals surface area contributed by atoms with Gasteiger partial charge in [0.15, 0.2) is 0 Å². The molecule has 2 N–H and O–H groups in total. The lowest BCUT2D eigenvalue weighted by molar-refractivity contribution is 0.236. The molecule has 0 aromatic heterocycles. The van der Waals surface area contributed by atoms with Crippen molar-refractivity contribution in [3.63, 3.8) is 0 Å². The highest BCUT2D eigenvalue weighted by Gasteiger charge is 2.01. The molecule has 0 unspecified atom stereocenters. The zero-order valence-electron chi connectivity index (χ0n) is 13.8. The number of ether oxygens (including phenoxy) is 1. The van der Waals surface area contributed by atoms with Gasteiger partial charge in [-0.25, -0.2) is 4.79 Å². The van der Waals surface area contributed by atoms with Crippen LogP contribution in [-0.2, 0) is 13.0 Å². The fraction of sp³-hybridized carbons (Fsp3) is 0.316. The molecule has 2 amide bonds.